The summed E-state index contributed by atoms with van der Waals surface area (Å²) in [4.78, 5) is 30.1. The number of nitrogens with one attached hydrogen (secondary N) is 1. The molecule has 0 saturated heterocycles. The molecule has 0 unspecified atom stereocenters. The molecular weight excluding hydrogens is 424 g/mol. The second-order valence-electron chi connectivity index (χ2n) is 6.87. The lowest BCUT2D eigenvalue weighted by Gasteiger charge is -2.12. The Morgan fingerprint density at radius 3 is 2.69 bits per heavy atom. The van der Waals surface area contributed by atoms with Crippen LogP contribution in [0.3, 0.4) is 0 Å². The van der Waals surface area contributed by atoms with Gasteiger partial charge in [-0.1, -0.05) is 42.1 Å². The first-order valence-corrected chi connectivity index (χ1v) is 10.8. The molecule has 2 heterocycles. The largest absolute Gasteiger partial charge is 0.465 e. The molecule has 2 aromatic carbocycles. The predicted octanol–water partition coefficient (Wildman–Crippen LogP) is 4.28. The van der Waals surface area contributed by atoms with Gasteiger partial charge in [-0.2, -0.15) is 5.10 Å². The van der Waals surface area contributed by atoms with Crippen LogP contribution in [0.5, 0.6) is 0 Å². The Morgan fingerprint density at radius 1 is 1.12 bits per heavy atom. The van der Waals surface area contributed by atoms with Crippen LogP contribution in [-0.4, -0.2) is 27.4 Å². The summed E-state index contributed by atoms with van der Waals surface area (Å²) in [5, 5.41) is 4.94. The Hall–Kier alpha value is -3.91. The highest BCUT2D eigenvalue weighted by atomic mass is 32.2. The highest BCUT2D eigenvalue weighted by molar-refractivity contribution is 7.99. The SMILES string of the molecule is CC(/C=N/NC(=O)CSc1nc2ccccc2c(=O)n1-c1ccccc1)=C\c1ccco1. The maximum atomic E-state index is 13.1. The normalized spacial score (nSPS) is 11.8. The average molecular weight is 445 g/mol. The summed E-state index contributed by atoms with van der Waals surface area (Å²) in [5.41, 5.74) is 4.42. The molecule has 0 bridgehead atoms. The minimum atomic E-state index is -0.306. The molecule has 4 rings (SSSR count). The van der Waals surface area contributed by atoms with Crippen molar-refractivity contribution in [2.24, 2.45) is 5.10 Å². The molecule has 2 aromatic heterocycles. The molecule has 4 aromatic rings. The minimum absolute atomic E-state index is 0.0515. The van der Waals surface area contributed by atoms with Crippen molar-refractivity contribution in [3.05, 3.63) is 94.7 Å². The smallest absolute Gasteiger partial charge is 0.266 e. The summed E-state index contributed by atoms with van der Waals surface area (Å²) < 4.78 is 6.77. The van der Waals surface area contributed by atoms with Crippen LogP contribution in [0.2, 0.25) is 0 Å². The minimum Gasteiger partial charge on any atom is -0.465 e. The number of aromatic nitrogens is 2. The molecule has 32 heavy (non-hydrogen) atoms. The number of carbonyl (C=O) groups excluding carboxylic acids is 1. The summed E-state index contributed by atoms with van der Waals surface area (Å²) in [6.45, 7) is 1.85. The molecule has 0 aliphatic heterocycles. The lowest BCUT2D eigenvalue weighted by molar-refractivity contribution is -0.118. The number of amides is 1. The van der Waals surface area contributed by atoms with Crippen molar-refractivity contribution >= 4 is 40.9 Å². The topological polar surface area (TPSA) is 89.5 Å². The number of thioether (sulfide) groups is 1. The molecule has 1 amide bonds. The Morgan fingerprint density at radius 2 is 1.91 bits per heavy atom. The quantitative estimate of drug-likeness (QED) is 0.199. The van der Waals surface area contributed by atoms with E-state index in [1.165, 1.54) is 16.3 Å². The molecule has 0 aliphatic carbocycles. The van der Waals surface area contributed by atoms with Crippen molar-refractivity contribution < 1.29 is 9.21 Å². The Kier molecular flexibility index (Phi) is 6.62. The van der Waals surface area contributed by atoms with Gasteiger partial charge in [-0.25, -0.2) is 10.4 Å². The van der Waals surface area contributed by atoms with Crippen molar-refractivity contribution in [1.29, 1.82) is 0 Å². The van der Waals surface area contributed by atoms with Gasteiger partial charge in [0.1, 0.15) is 5.76 Å². The summed E-state index contributed by atoms with van der Waals surface area (Å²) in [6.07, 6.45) is 4.94. The van der Waals surface area contributed by atoms with Gasteiger partial charge in [0.2, 0.25) is 0 Å². The van der Waals surface area contributed by atoms with Crippen LogP contribution in [0, 0.1) is 0 Å². The van der Waals surface area contributed by atoms with Crippen molar-refractivity contribution in [2.75, 3.05) is 5.75 Å². The summed E-state index contributed by atoms with van der Waals surface area (Å²) in [7, 11) is 0. The third-order valence-corrected chi connectivity index (χ3v) is 5.40. The molecule has 8 heteroatoms. The summed E-state index contributed by atoms with van der Waals surface area (Å²) in [5.74, 6) is 0.451. The number of rotatable bonds is 7. The van der Waals surface area contributed by atoms with Crippen LogP contribution in [0.15, 0.2) is 98.0 Å². The first-order chi connectivity index (χ1) is 15.6. The van der Waals surface area contributed by atoms with Crippen LogP contribution in [-0.2, 0) is 4.79 Å². The van der Waals surface area contributed by atoms with Crippen LogP contribution in [0.1, 0.15) is 12.7 Å². The number of benzene rings is 2. The molecule has 0 saturated carbocycles. The second kappa shape index (κ2) is 9.93. The van der Waals surface area contributed by atoms with Gasteiger partial charge in [0.05, 0.1) is 34.8 Å². The number of allylic oxidation sites excluding steroid dienone is 1. The van der Waals surface area contributed by atoms with E-state index in [4.69, 9.17) is 4.42 Å². The van der Waals surface area contributed by atoms with Gasteiger partial charge in [-0.3, -0.25) is 14.2 Å². The number of furan rings is 1. The zero-order chi connectivity index (χ0) is 22.3. The van der Waals surface area contributed by atoms with E-state index in [0.29, 0.717) is 27.5 Å². The number of fused-ring (bicyclic) bond motifs is 1. The molecule has 0 atom stereocenters. The van der Waals surface area contributed by atoms with Crippen LogP contribution < -0.4 is 11.0 Å². The lowest BCUT2D eigenvalue weighted by Crippen LogP contribution is -2.24. The number of hydrazone groups is 1. The maximum absolute atomic E-state index is 13.1. The van der Waals surface area contributed by atoms with Crippen LogP contribution >= 0.6 is 11.8 Å². The lowest BCUT2D eigenvalue weighted by atomic mass is 10.2. The van der Waals surface area contributed by atoms with Crippen molar-refractivity contribution in [1.82, 2.24) is 15.0 Å². The van der Waals surface area contributed by atoms with Gasteiger partial charge in [-0.15, -0.1) is 0 Å². The summed E-state index contributed by atoms with van der Waals surface area (Å²) in [6, 6.07) is 20.0. The third kappa shape index (κ3) is 5.04. The Bertz CT molecular complexity index is 1340. The zero-order valence-corrected chi connectivity index (χ0v) is 18.1. The Balaban J connectivity index is 1.51. The number of para-hydroxylation sites is 2. The molecule has 0 fully saturated rings. The monoisotopic (exact) mass is 444 g/mol. The highest BCUT2D eigenvalue weighted by Gasteiger charge is 2.14. The second-order valence-corrected chi connectivity index (χ2v) is 7.82. The zero-order valence-electron chi connectivity index (χ0n) is 17.3. The van der Waals surface area contributed by atoms with E-state index in [1.807, 2.05) is 55.5 Å². The molecule has 1 N–H and O–H groups in total. The predicted molar refractivity (Wildman–Crippen MR) is 127 cm³/mol. The third-order valence-electron chi connectivity index (χ3n) is 4.46. The van der Waals surface area contributed by atoms with Crippen LogP contribution in [0.25, 0.3) is 22.7 Å². The van der Waals surface area contributed by atoms with E-state index in [0.717, 1.165) is 5.57 Å². The molecule has 160 valence electrons. The van der Waals surface area contributed by atoms with E-state index in [9.17, 15) is 9.59 Å². The molecule has 0 spiro atoms. The fourth-order valence-electron chi connectivity index (χ4n) is 3.02. The van der Waals surface area contributed by atoms with Gasteiger partial charge in [-0.05, 0) is 55.0 Å². The maximum Gasteiger partial charge on any atom is 0.266 e. The molecule has 0 radical (unpaired) electrons. The van der Waals surface area contributed by atoms with E-state index in [2.05, 4.69) is 15.5 Å². The van der Waals surface area contributed by atoms with Gasteiger partial charge in [0.15, 0.2) is 5.16 Å². The van der Waals surface area contributed by atoms with Gasteiger partial charge >= 0.3 is 0 Å². The van der Waals surface area contributed by atoms with E-state index in [-0.39, 0.29) is 17.2 Å². The van der Waals surface area contributed by atoms with E-state index in [1.54, 1.807) is 36.7 Å². The first kappa shape index (κ1) is 21.3. The highest BCUT2D eigenvalue weighted by Crippen LogP contribution is 2.21. The van der Waals surface area contributed by atoms with Gasteiger partial charge < -0.3 is 4.42 Å². The van der Waals surface area contributed by atoms with Crippen molar-refractivity contribution in [3.63, 3.8) is 0 Å². The molecule has 0 aliphatic rings. The number of carbonyl (C=O) groups is 1. The van der Waals surface area contributed by atoms with Gasteiger partial charge in [0.25, 0.3) is 11.5 Å². The first-order valence-electron chi connectivity index (χ1n) is 9.85. The van der Waals surface area contributed by atoms with E-state index >= 15 is 0 Å². The standard InChI is InChI=1S/C24H20N4O3S/c1-17(14-19-10-7-13-31-19)15-25-27-22(29)16-32-24-26-21-12-6-5-11-20(21)23(30)28(24)18-8-3-2-4-9-18/h2-15H,16H2,1H3,(H,27,29)/b17-14+,25-15+. The average Bonchev–Trinajstić information content (AvgIpc) is 3.31. The molecule has 7 nitrogen and oxygen atoms in total. The van der Waals surface area contributed by atoms with Crippen molar-refractivity contribution in [2.45, 2.75) is 12.1 Å². The number of hydrogen-bond donors (Lipinski definition) is 1. The fourth-order valence-corrected chi connectivity index (χ4v) is 3.82. The van der Waals surface area contributed by atoms with Gasteiger partial charge in [0, 0.05) is 0 Å². The number of nitrogens with zero attached hydrogens (tertiary/aromatic N) is 3. The van der Waals surface area contributed by atoms with E-state index < -0.39 is 0 Å². The number of hydrogen-bond acceptors (Lipinski definition) is 6. The van der Waals surface area contributed by atoms with Crippen LogP contribution in [0.4, 0.5) is 0 Å². The molecular formula is C24H20N4O3S. The summed E-state index contributed by atoms with van der Waals surface area (Å²) >= 11 is 1.18. The fraction of sp³-hybridized carbons (Fsp3) is 0.0833. The Labute approximate surface area is 188 Å². The van der Waals surface area contributed by atoms with Crippen molar-refractivity contribution in [3.8, 4) is 5.69 Å².